The summed E-state index contributed by atoms with van der Waals surface area (Å²) in [5, 5.41) is 20.6. The molecule has 0 unspecified atom stereocenters. The van der Waals surface area contributed by atoms with E-state index in [-0.39, 0.29) is 17.4 Å². The Morgan fingerprint density at radius 1 is 1.35 bits per heavy atom. The largest absolute Gasteiger partial charge is 0.504 e. The number of hydrogen-bond acceptors (Lipinski definition) is 3. The van der Waals surface area contributed by atoms with Gasteiger partial charge in [0.1, 0.15) is 0 Å². The molecular formula is C13H17NO3. The van der Waals surface area contributed by atoms with Gasteiger partial charge in [-0.25, -0.2) is 0 Å². The van der Waals surface area contributed by atoms with E-state index >= 15 is 0 Å². The van der Waals surface area contributed by atoms with Gasteiger partial charge in [0.25, 0.3) is 0 Å². The maximum absolute atomic E-state index is 10.8. The minimum Gasteiger partial charge on any atom is -0.504 e. The van der Waals surface area contributed by atoms with Gasteiger partial charge in [-0.05, 0) is 30.7 Å². The van der Waals surface area contributed by atoms with E-state index < -0.39 is 0 Å². The van der Waals surface area contributed by atoms with Crippen molar-refractivity contribution in [1.29, 1.82) is 0 Å². The first kappa shape index (κ1) is 14.8. The molecule has 0 saturated carbocycles. The van der Waals surface area contributed by atoms with Crippen molar-refractivity contribution in [3.05, 3.63) is 42.5 Å². The van der Waals surface area contributed by atoms with Crippen LogP contribution in [0.4, 0.5) is 0 Å². The number of carbonyl (C=O) groups excluding carboxylic acids is 1. The second-order valence-electron chi connectivity index (χ2n) is 3.10. The molecule has 0 atom stereocenters. The molecule has 0 aliphatic carbocycles. The zero-order valence-electron chi connectivity index (χ0n) is 9.97. The van der Waals surface area contributed by atoms with Gasteiger partial charge in [0.05, 0.1) is 0 Å². The predicted molar refractivity (Wildman–Crippen MR) is 68.7 cm³/mol. The number of rotatable bonds is 2. The number of hydrogen-bond donors (Lipinski definition) is 3. The van der Waals surface area contributed by atoms with Crippen LogP contribution in [-0.4, -0.2) is 23.2 Å². The molecule has 0 radical (unpaired) electrons. The third-order valence-corrected chi connectivity index (χ3v) is 1.67. The third kappa shape index (κ3) is 6.04. The molecule has 4 nitrogen and oxygen atoms in total. The lowest BCUT2D eigenvalue weighted by Gasteiger charge is -1.98. The van der Waals surface area contributed by atoms with Gasteiger partial charge in [-0.15, -0.1) is 6.58 Å². The van der Waals surface area contributed by atoms with E-state index in [9.17, 15) is 4.79 Å². The van der Waals surface area contributed by atoms with Crippen molar-refractivity contribution in [3.8, 4) is 11.5 Å². The summed E-state index contributed by atoms with van der Waals surface area (Å²) in [5.41, 5.74) is 0.643. The highest BCUT2D eigenvalue weighted by atomic mass is 16.3. The Balaban J connectivity index is 0.000000770. The summed E-state index contributed by atoms with van der Waals surface area (Å²) < 4.78 is 0. The Hall–Kier alpha value is -2.23. The van der Waals surface area contributed by atoms with E-state index in [4.69, 9.17) is 10.2 Å². The van der Waals surface area contributed by atoms with Crippen LogP contribution in [0.1, 0.15) is 12.5 Å². The van der Waals surface area contributed by atoms with Crippen LogP contribution in [0.2, 0.25) is 0 Å². The van der Waals surface area contributed by atoms with Crippen LogP contribution < -0.4 is 5.32 Å². The molecule has 0 bridgehead atoms. The fourth-order valence-electron chi connectivity index (χ4n) is 0.899. The van der Waals surface area contributed by atoms with Crippen molar-refractivity contribution in [1.82, 2.24) is 5.32 Å². The zero-order valence-corrected chi connectivity index (χ0v) is 9.97. The van der Waals surface area contributed by atoms with Crippen molar-refractivity contribution >= 4 is 12.0 Å². The fraction of sp³-hybridized carbons (Fsp3) is 0.154. The summed E-state index contributed by atoms with van der Waals surface area (Å²) in [6, 6.07) is 4.32. The van der Waals surface area contributed by atoms with E-state index in [1.54, 1.807) is 12.1 Å². The molecule has 92 valence electrons. The van der Waals surface area contributed by atoms with Crippen molar-refractivity contribution in [2.45, 2.75) is 6.92 Å². The molecule has 4 heteroatoms. The lowest BCUT2D eigenvalue weighted by Crippen LogP contribution is -2.13. The molecule has 1 aromatic carbocycles. The number of amides is 1. The first-order valence-corrected chi connectivity index (χ1v) is 5.04. The van der Waals surface area contributed by atoms with Crippen molar-refractivity contribution in [2.24, 2.45) is 0 Å². The quantitative estimate of drug-likeness (QED) is 0.417. The minimum atomic E-state index is -0.224. The molecule has 0 aliphatic heterocycles. The normalized spacial score (nSPS) is 9.29. The van der Waals surface area contributed by atoms with Crippen LogP contribution in [0.5, 0.6) is 11.5 Å². The van der Waals surface area contributed by atoms with Gasteiger partial charge >= 0.3 is 0 Å². The Bertz CT molecular complexity index is 411. The van der Waals surface area contributed by atoms with Gasteiger partial charge < -0.3 is 15.5 Å². The van der Waals surface area contributed by atoms with Gasteiger partial charge in [0, 0.05) is 13.1 Å². The standard InChI is InChI=1S/C10H11NO3.C3H6/c1-11-10(14)5-3-7-2-4-8(12)9(13)6-7;1-3-2/h2-6,12-13H,1H3,(H,11,14);3H,1H2,2H3/b5-3+;. The van der Waals surface area contributed by atoms with Crippen LogP contribution >= 0.6 is 0 Å². The molecule has 0 aromatic heterocycles. The molecule has 0 saturated heterocycles. The van der Waals surface area contributed by atoms with Crippen LogP contribution in [0.15, 0.2) is 36.9 Å². The molecule has 1 aromatic rings. The molecule has 0 heterocycles. The van der Waals surface area contributed by atoms with Crippen LogP contribution in [0.3, 0.4) is 0 Å². The lowest BCUT2D eigenvalue weighted by atomic mass is 10.2. The molecule has 0 aliphatic rings. The first-order valence-electron chi connectivity index (χ1n) is 5.04. The number of allylic oxidation sites excluding steroid dienone is 1. The Kier molecular flexibility index (Phi) is 6.94. The summed E-state index contributed by atoms with van der Waals surface area (Å²) in [7, 11) is 1.53. The van der Waals surface area contributed by atoms with Gasteiger partial charge in [-0.3, -0.25) is 4.79 Å². The second kappa shape index (κ2) is 7.98. The number of benzene rings is 1. The Morgan fingerprint density at radius 3 is 2.41 bits per heavy atom. The van der Waals surface area contributed by atoms with Crippen molar-refractivity contribution in [2.75, 3.05) is 7.05 Å². The van der Waals surface area contributed by atoms with Gasteiger partial charge in [-0.2, -0.15) is 0 Å². The Labute approximate surface area is 101 Å². The zero-order chi connectivity index (χ0) is 13.3. The summed E-state index contributed by atoms with van der Waals surface area (Å²) in [6.45, 7) is 5.25. The summed E-state index contributed by atoms with van der Waals surface area (Å²) in [6.07, 6.45) is 4.63. The van der Waals surface area contributed by atoms with E-state index in [0.717, 1.165) is 0 Å². The molecule has 0 fully saturated rings. The number of phenolic OH excluding ortho intramolecular Hbond substituents is 2. The second-order valence-corrected chi connectivity index (χ2v) is 3.10. The average molecular weight is 235 g/mol. The van der Waals surface area contributed by atoms with Crippen LogP contribution in [0.25, 0.3) is 6.08 Å². The topological polar surface area (TPSA) is 69.6 Å². The maximum atomic E-state index is 10.8. The maximum Gasteiger partial charge on any atom is 0.243 e. The molecule has 0 spiro atoms. The highest BCUT2D eigenvalue weighted by molar-refractivity contribution is 5.91. The highest BCUT2D eigenvalue weighted by Gasteiger charge is 1.98. The van der Waals surface area contributed by atoms with Crippen molar-refractivity contribution < 1.29 is 15.0 Å². The van der Waals surface area contributed by atoms with Crippen LogP contribution in [-0.2, 0) is 4.79 Å². The molecule has 1 rings (SSSR count). The van der Waals surface area contributed by atoms with E-state index in [2.05, 4.69) is 11.9 Å². The molecule has 3 N–H and O–H groups in total. The van der Waals surface area contributed by atoms with E-state index in [1.165, 1.54) is 31.3 Å². The number of phenols is 2. The number of nitrogens with one attached hydrogen (secondary N) is 1. The molecule has 1 amide bonds. The first-order chi connectivity index (χ1) is 8.04. The summed E-state index contributed by atoms with van der Waals surface area (Å²) in [5.74, 6) is -0.608. The molecular weight excluding hydrogens is 218 g/mol. The molecule has 17 heavy (non-hydrogen) atoms. The number of carbonyl (C=O) groups is 1. The SMILES string of the molecule is C=CC.CNC(=O)/C=C/c1ccc(O)c(O)c1. The fourth-order valence-corrected chi connectivity index (χ4v) is 0.899. The van der Waals surface area contributed by atoms with Crippen LogP contribution in [0, 0.1) is 0 Å². The third-order valence-electron chi connectivity index (χ3n) is 1.67. The van der Waals surface area contributed by atoms with Crippen molar-refractivity contribution in [3.63, 3.8) is 0 Å². The monoisotopic (exact) mass is 235 g/mol. The highest BCUT2D eigenvalue weighted by Crippen LogP contribution is 2.25. The van der Waals surface area contributed by atoms with Gasteiger partial charge in [0.2, 0.25) is 5.91 Å². The van der Waals surface area contributed by atoms with E-state index in [1.807, 2.05) is 6.92 Å². The van der Waals surface area contributed by atoms with E-state index in [0.29, 0.717) is 5.56 Å². The predicted octanol–water partition coefficient (Wildman–Crippen LogP) is 2.05. The smallest absolute Gasteiger partial charge is 0.243 e. The Morgan fingerprint density at radius 2 is 1.94 bits per heavy atom. The lowest BCUT2D eigenvalue weighted by molar-refractivity contribution is -0.115. The van der Waals surface area contributed by atoms with Gasteiger partial charge in [0.15, 0.2) is 11.5 Å². The average Bonchev–Trinajstić information content (AvgIpc) is 2.31. The van der Waals surface area contributed by atoms with Gasteiger partial charge in [-0.1, -0.05) is 12.1 Å². The summed E-state index contributed by atoms with van der Waals surface area (Å²) in [4.78, 5) is 10.8. The summed E-state index contributed by atoms with van der Waals surface area (Å²) >= 11 is 0. The minimum absolute atomic E-state index is 0.179. The number of aromatic hydroxyl groups is 2. The number of likely N-dealkylation sites (N-methyl/N-ethyl adjacent to an activating group) is 1.